The zero-order chi connectivity index (χ0) is 14.3. The van der Waals surface area contributed by atoms with Gasteiger partial charge >= 0.3 is 12.0 Å². The van der Waals surface area contributed by atoms with Gasteiger partial charge in [-0.3, -0.25) is 4.79 Å². The highest BCUT2D eigenvalue weighted by molar-refractivity contribution is 5.89. The summed E-state index contributed by atoms with van der Waals surface area (Å²) in [5, 5.41) is 22.6. The van der Waals surface area contributed by atoms with E-state index in [1.165, 1.54) is 6.07 Å². The molecule has 0 saturated carbocycles. The molecule has 3 N–H and O–H groups in total. The quantitative estimate of drug-likeness (QED) is 0.751. The predicted molar refractivity (Wildman–Crippen MR) is 69.6 cm³/mol. The number of nitrogens with one attached hydrogen (secondary N) is 2. The molecular weight excluding hydrogens is 246 g/mol. The number of anilines is 1. The molecule has 0 fully saturated rings. The Bertz CT molecular complexity index is 508. The maximum Gasteiger partial charge on any atom is 0.319 e. The Hall–Kier alpha value is -2.55. The van der Waals surface area contributed by atoms with Crippen LogP contribution in [0.3, 0.4) is 0 Å². The number of hydrogen-bond acceptors (Lipinski definition) is 3. The Labute approximate surface area is 111 Å². The second-order valence-corrected chi connectivity index (χ2v) is 3.97. The minimum atomic E-state index is -0.936. The lowest BCUT2D eigenvalue weighted by atomic mass is 10.1. The van der Waals surface area contributed by atoms with Crippen molar-refractivity contribution in [2.75, 3.05) is 11.9 Å². The summed E-state index contributed by atoms with van der Waals surface area (Å²) in [5.41, 5.74) is 0.926. The number of aliphatic carboxylic acids is 1. The van der Waals surface area contributed by atoms with E-state index in [1.807, 2.05) is 6.07 Å². The van der Waals surface area contributed by atoms with Crippen LogP contribution in [-0.2, 0) is 4.79 Å². The third kappa shape index (κ3) is 4.68. The molecule has 1 rings (SSSR count). The first kappa shape index (κ1) is 14.5. The van der Waals surface area contributed by atoms with Gasteiger partial charge in [-0.25, -0.2) is 4.79 Å². The lowest BCUT2D eigenvalue weighted by Crippen LogP contribution is -2.35. The number of nitriles is 1. The van der Waals surface area contributed by atoms with Crippen molar-refractivity contribution >= 4 is 17.7 Å². The minimum Gasteiger partial charge on any atom is -0.481 e. The van der Waals surface area contributed by atoms with E-state index in [4.69, 9.17) is 10.4 Å². The molecule has 19 heavy (non-hydrogen) atoms. The van der Waals surface area contributed by atoms with Crippen LogP contribution in [0.15, 0.2) is 24.3 Å². The van der Waals surface area contributed by atoms with Gasteiger partial charge in [-0.05, 0) is 24.6 Å². The van der Waals surface area contributed by atoms with Crippen molar-refractivity contribution in [3.8, 4) is 6.07 Å². The number of carboxylic acids is 1. The highest BCUT2D eigenvalue weighted by atomic mass is 16.4. The van der Waals surface area contributed by atoms with Crippen molar-refractivity contribution in [1.82, 2.24) is 5.32 Å². The number of urea groups is 1. The lowest BCUT2D eigenvalue weighted by Gasteiger charge is -2.12. The standard InChI is InChI=1S/C13H15N3O3/c1-2-10(12(17)18)8-15-13(19)16-11-5-3-4-9(6-11)7-14/h3-6,10H,2,8H2,1H3,(H,17,18)(H2,15,16,19). The fourth-order valence-electron chi connectivity index (χ4n) is 1.46. The zero-order valence-electron chi connectivity index (χ0n) is 10.5. The Morgan fingerprint density at radius 1 is 1.47 bits per heavy atom. The Morgan fingerprint density at radius 3 is 2.79 bits per heavy atom. The summed E-state index contributed by atoms with van der Waals surface area (Å²) in [7, 11) is 0. The lowest BCUT2D eigenvalue weighted by molar-refractivity contribution is -0.141. The maximum atomic E-state index is 11.6. The molecule has 1 unspecified atom stereocenters. The zero-order valence-corrected chi connectivity index (χ0v) is 10.5. The van der Waals surface area contributed by atoms with Crippen LogP contribution < -0.4 is 10.6 Å². The van der Waals surface area contributed by atoms with Crippen LogP contribution in [0.5, 0.6) is 0 Å². The highest BCUT2D eigenvalue weighted by Gasteiger charge is 2.15. The van der Waals surface area contributed by atoms with Crippen LogP contribution in [0.2, 0.25) is 0 Å². The number of carboxylic acid groups (broad SMARTS) is 1. The Morgan fingerprint density at radius 2 is 2.21 bits per heavy atom. The molecular formula is C13H15N3O3. The van der Waals surface area contributed by atoms with Gasteiger partial charge in [0.15, 0.2) is 0 Å². The maximum absolute atomic E-state index is 11.6. The van der Waals surface area contributed by atoms with Gasteiger partial charge < -0.3 is 15.7 Å². The van der Waals surface area contributed by atoms with Gasteiger partial charge in [0.1, 0.15) is 0 Å². The largest absolute Gasteiger partial charge is 0.481 e. The summed E-state index contributed by atoms with van der Waals surface area (Å²) in [6.07, 6.45) is 0.444. The molecule has 6 heteroatoms. The molecule has 0 aliphatic carbocycles. The first-order valence-corrected chi connectivity index (χ1v) is 5.84. The third-order valence-electron chi connectivity index (χ3n) is 2.60. The van der Waals surface area contributed by atoms with Gasteiger partial charge in [0.25, 0.3) is 0 Å². The van der Waals surface area contributed by atoms with E-state index in [9.17, 15) is 9.59 Å². The van der Waals surface area contributed by atoms with Crippen LogP contribution in [0.4, 0.5) is 10.5 Å². The third-order valence-corrected chi connectivity index (χ3v) is 2.60. The van der Waals surface area contributed by atoms with E-state index in [0.717, 1.165) is 0 Å². The van der Waals surface area contributed by atoms with Crippen LogP contribution in [0.25, 0.3) is 0 Å². The normalized spacial score (nSPS) is 11.2. The number of amides is 2. The fraction of sp³-hybridized carbons (Fsp3) is 0.308. The van der Waals surface area contributed by atoms with E-state index in [1.54, 1.807) is 25.1 Å². The summed E-state index contributed by atoms with van der Waals surface area (Å²) in [6.45, 7) is 1.81. The molecule has 0 aliphatic rings. The van der Waals surface area contributed by atoms with Crippen LogP contribution in [-0.4, -0.2) is 23.7 Å². The van der Waals surface area contributed by atoms with Crippen molar-refractivity contribution in [2.45, 2.75) is 13.3 Å². The van der Waals surface area contributed by atoms with Crippen molar-refractivity contribution < 1.29 is 14.7 Å². The van der Waals surface area contributed by atoms with Gasteiger partial charge in [0.2, 0.25) is 0 Å². The molecule has 0 bridgehead atoms. The molecule has 2 amide bonds. The van der Waals surface area contributed by atoms with Crippen LogP contribution >= 0.6 is 0 Å². The fourth-order valence-corrected chi connectivity index (χ4v) is 1.46. The average Bonchev–Trinajstić information content (AvgIpc) is 2.39. The van der Waals surface area contributed by atoms with E-state index >= 15 is 0 Å². The number of rotatable bonds is 5. The molecule has 0 heterocycles. The van der Waals surface area contributed by atoms with E-state index in [-0.39, 0.29) is 6.54 Å². The van der Waals surface area contributed by atoms with Crippen molar-refractivity contribution in [3.05, 3.63) is 29.8 Å². The Kier molecular flexibility index (Phi) is 5.35. The summed E-state index contributed by atoms with van der Waals surface area (Å²) in [4.78, 5) is 22.3. The van der Waals surface area contributed by atoms with Crippen molar-refractivity contribution in [2.24, 2.45) is 5.92 Å². The average molecular weight is 261 g/mol. The molecule has 0 aliphatic heterocycles. The SMILES string of the molecule is CCC(CNC(=O)Nc1cccc(C#N)c1)C(=O)O. The predicted octanol–water partition coefficient (Wildman–Crippen LogP) is 1.79. The Balaban J connectivity index is 2.51. The molecule has 6 nitrogen and oxygen atoms in total. The van der Waals surface area contributed by atoms with Crippen molar-refractivity contribution in [3.63, 3.8) is 0 Å². The number of carbonyl (C=O) groups is 2. The summed E-state index contributed by atoms with van der Waals surface area (Å²) < 4.78 is 0. The van der Waals surface area contributed by atoms with Crippen LogP contribution in [0.1, 0.15) is 18.9 Å². The first-order valence-electron chi connectivity index (χ1n) is 5.84. The van der Waals surface area contributed by atoms with Gasteiger partial charge in [-0.2, -0.15) is 5.26 Å². The highest BCUT2D eigenvalue weighted by Crippen LogP contribution is 2.09. The molecule has 0 saturated heterocycles. The number of benzene rings is 1. The van der Waals surface area contributed by atoms with E-state index in [2.05, 4.69) is 10.6 Å². The molecule has 0 spiro atoms. The number of carbonyl (C=O) groups excluding carboxylic acids is 1. The first-order chi connectivity index (χ1) is 9.06. The summed E-state index contributed by atoms with van der Waals surface area (Å²) >= 11 is 0. The second-order valence-electron chi connectivity index (χ2n) is 3.97. The number of nitrogens with zero attached hydrogens (tertiary/aromatic N) is 1. The topological polar surface area (TPSA) is 102 Å². The summed E-state index contributed by atoms with van der Waals surface area (Å²) in [6, 6.07) is 7.94. The molecule has 0 radical (unpaired) electrons. The molecule has 100 valence electrons. The van der Waals surface area contributed by atoms with E-state index in [0.29, 0.717) is 17.7 Å². The van der Waals surface area contributed by atoms with Crippen molar-refractivity contribution in [1.29, 1.82) is 5.26 Å². The van der Waals surface area contributed by atoms with Gasteiger partial charge in [-0.15, -0.1) is 0 Å². The van der Waals surface area contributed by atoms with Crippen LogP contribution in [0, 0.1) is 17.2 Å². The molecule has 0 aromatic heterocycles. The summed E-state index contributed by atoms with van der Waals surface area (Å²) in [5.74, 6) is -1.54. The smallest absolute Gasteiger partial charge is 0.319 e. The van der Waals surface area contributed by atoms with Gasteiger partial charge in [-0.1, -0.05) is 13.0 Å². The molecule has 1 aromatic rings. The van der Waals surface area contributed by atoms with Gasteiger partial charge in [0, 0.05) is 12.2 Å². The number of hydrogen-bond donors (Lipinski definition) is 3. The molecule has 1 atom stereocenters. The second kappa shape index (κ2) is 7.01. The monoisotopic (exact) mass is 261 g/mol. The van der Waals surface area contributed by atoms with E-state index < -0.39 is 17.9 Å². The molecule has 1 aromatic carbocycles. The minimum absolute atomic E-state index is 0.0651. The van der Waals surface area contributed by atoms with Gasteiger partial charge in [0.05, 0.1) is 17.6 Å².